The third kappa shape index (κ3) is 11.8. The molecule has 5 rings (SSSR count). The SMILES string of the molecule is CCC(CC(CC(CCC(C)n1ccc(CC(=O)NC2CC(C)(C)NC(C)(C)C2)c1)c1ccc([S-](=O)=O)cc1)N1CCCC1=O)n1ccnc1.[K+]. The molecular formula is C39H57KN6O4S. The van der Waals surface area contributed by atoms with Gasteiger partial charge in [-0.2, -0.15) is 0 Å². The Morgan fingerprint density at radius 3 is 2.29 bits per heavy atom. The zero-order valence-corrected chi connectivity index (χ0v) is 35.7. The van der Waals surface area contributed by atoms with E-state index in [1.165, 1.54) is 0 Å². The quantitative estimate of drug-likeness (QED) is 0.170. The second-order valence-corrected chi connectivity index (χ2v) is 17.0. The van der Waals surface area contributed by atoms with Crippen LogP contribution in [0.1, 0.15) is 128 Å². The van der Waals surface area contributed by atoms with Crippen LogP contribution in [0.3, 0.4) is 0 Å². The summed E-state index contributed by atoms with van der Waals surface area (Å²) in [4.78, 5) is 32.9. The molecule has 2 fully saturated rings. The predicted octanol–water partition coefficient (Wildman–Crippen LogP) is 3.87. The molecule has 2 aromatic heterocycles. The van der Waals surface area contributed by atoms with Crippen LogP contribution in [0.25, 0.3) is 0 Å². The number of hydrogen-bond acceptors (Lipinski definition) is 7. The summed E-state index contributed by atoms with van der Waals surface area (Å²) in [6.07, 6.45) is 17.8. The summed E-state index contributed by atoms with van der Waals surface area (Å²) in [5, 5.41) is 6.98. The molecule has 2 amide bonds. The van der Waals surface area contributed by atoms with Crippen molar-refractivity contribution < 1.29 is 69.4 Å². The fourth-order valence-electron chi connectivity index (χ4n) is 8.62. The largest absolute Gasteiger partial charge is 1.00 e. The van der Waals surface area contributed by atoms with Gasteiger partial charge in [-0.25, -0.2) is 4.98 Å². The van der Waals surface area contributed by atoms with Gasteiger partial charge in [0.25, 0.3) is 0 Å². The van der Waals surface area contributed by atoms with Crippen molar-refractivity contribution in [2.45, 2.75) is 152 Å². The molecule has 0 radical (unpaired) electrons. The Labute approximate surface area is 349 Å². The van der Waals surface area contributed by atoms with E-state index in [9.17, 15) is 18.0 Å². The van der Waals surface area contributed by atoms with Crippen LogP contribution >= 0.6 is 0 Å². The molecule has 1 aromatic carbocycles. The molecule has 12 heteroatoms. The van der Waals surface area contributed by atoms with E-state index in [1.807, 2.05) is 30.7 Å². The van der Waals surface area contributed by atoms with Gasteiger partial charge in [-0.3, -0.25) is 9.59 Å². The van der Waals surface area contributed by atoms with Gasteiger partial charge < -0.3 is 33.1 Å². The van der Waals surface area contributed by atoms with Crippen LogP contribution in [0.2, 0.25) is 0 Å². The Morgan fingerprint density at radius 2 is 1.71 bits per heavy atom. The van der Waals surface area contributed by atoms with Gasteiger partial charge in [0.05, 0.1) is 12.7 Å². The van der Waals surface area contributed by atoms with Gasteiger partial charge in [0.1, 0.15) is 0 Å². The number of hydrogen-bond donors (Lipinski definition) is 2. The zero-order valence-electron chi connectivity index (χ0n) is 31.8. The van der Waals surface area contributed by atoms with Crippen LogP contribution in [0, 0.1) is 0 Å². The monoisotopic (exact) mass is 744 g/mol. The van der Waals surface area contributed by atoms with Crippen LogP contribution in [0.15, 0.2) is 66.3 Å². The zero-order chi connectivity index (χ0) is 36.1. The Hall–Kier alpha value is -1.80. The number of nitrogens with one attached hydrogen (secondary N) is 2. The first-order valence-corrected chi connectivity index (χ1v) is 19.5. The van der Waals surface area contributed by atoms with Crippen molar-refractivity contribution in [1.29, 1.82) is 0 Å². The van der Waals surface area contributed by atoms with E-state index >= 15 is 0 Å². The van der Waals surface area contributed by atoms with Crippen molar-refractivity contribution in [3.63, 3.8) is 0 Å². The first kappa shape index (κ1) is 41.9. The van der Waals surface area contributed by atoms with Crippen LogP contribution in [0.4, 0.5) is 0 Å². The second kappa shape index (κ2) is 18.5. The fourth-order valence-corrected chi connectivity index (χ4v) is 8.98. The molecule has 0 spiro atoms. The Balaban J connectivity index is 0.00000583. The third-order valence-electron chi connectivity index (χ3n) is 10.8. The number of carbonyl (C=O) groups excluding carboxylic acids is 2. The summed E-state index contributed by atoms with van der Waals surface area (Å²) >= 11 is 0. The summed E-state index contributed by atoms with van der Waals surface area (Å²) in [5.74, 6) is 0.403. The van der Waals surface area contributed by atoms with Crippen molar-refractivity contribution in [2.24, 2.45) is 0 Å². The molecule has 51 heavy (non-hydrogen) atoms. The van der Waals surface area contributed by atoms with Gasteiger partial charge in [-0.1, -0.05) is 36.1 Å². The Morgan fingerprint density at radius 1 is 1.00 bits per heavy atom. The number of amides is 2. The maximum Gasteiger partial charge on any atom is 1.00 e. The van der Waals surface area contributed by atoms with Crippen molar-refractivity contribution >= 4 is 22.5 Å². The smallest absolute Gasteiger partial charge is 0.420 e. The van der Waals surface area contributed by atoms with Gasteiger partial charge in [-0.15, -0.1) is 0 Å². The maximum absolute atomic E-state index is 13.1. The fraction of sp³-hybridized carbons (Fsp3) is 0.615. The summed E-state index contributed by atoms with van der Waals surface area (Å²) < 4.78 is 27.6. The number of piperidine rings is 1. The Bertz CT molecular complexity index is 1630. The minimum Gasteiger partial charge on any atom is -0.420 e. The van der Waals surface area contributed by atoms with E-state index < -0.39 is 10.7 Å². The number of carbonyl (C=O) groups is 2. The average molecular weight is 745 g/mol. The maximum atomic E-state index is 13.1. The Kier molecular flexibility index (Phi) is 15.2. The number of aromatic nitrogens is 3. The minimum absolute atomic E-state index is 0. The number of nitrogens with zero attached hydrogens (tertiary/aromatic N) is 4. The molecule has 0 bridgehead atoms. The summed E-state index contributed by atoms with van der Waals surface area (Å²) in [6, 6.07) is 9.89. The van der Waals surface area contributed by atoms with Crippen LogP contribution < -0.4 is 62.0 Å². The molecule has 2 saturated heterocycles. The molecule has 0 saturated carbocycles. The average Bonchev–Trinajstić information content (AvgIpc) is 3.82. The summed E-state index contributed by atoms with van der Waals surface area (Å²) in [5.41, 5.74) is 2.02. The van der Waals surface area contributed by atoms with Crippen molar-refractivity contribution in [1.82, 2.24) is 29.7 Å². The van der Waals surface area contributed by atoms with E-state index in [4.69, 9.17) is 0 Å². The molecule has 0 aliphatic carbocycles. The first-order chi connectivity index (χ1) is 23.7. The molecular weight excluding hydrogens is 688 g/mol. The van der Waals surface area contributed by atoms with E-state index in [2.05, 4.69) is 83.6 Å². The number of likely N-dealkylation sites (tertiary alicyclic amines) is 1. The molecule has 2 aliphatic rings. The van der Waals surface area contributed by atoms with Crippen LogP contribution in [-0.4, -0.2) is 60.5 Å². The predicted molar refractivity (Wildman–Crippen MR) is 196 cm³/mol. The first-order valence-electron chi connectivity index (χ1n) is 18.4. The van der Waals surface area contributed by atoms with Gasteiger partial charge in [0, 0.05) is 73.0 Å². The van der Waals surface area contributed by atoms with Crippen molar-refractivity contribution in [3.05, 3.63) is 72.6 Å². The molecule has 2 aliphatic heterocycles. The van der Waals surface area contributed by atoms with Gasteiger partial charge >= 0.3 is 51.4 Å². The number of imidazole rings is 1. The van der Waals surface area contributed by atoms with Crippen molar-refractivity contribution in [3.8, 4) is 0 Å². The minimum atomic E-state index is -2.29. The molecule has 4 unspecified atom stereocenters. The van der Waals surface area contributed by atoms with Gasteiger partial charge in [-0.05, 0) is 120 Å². The standard InChI is InChI=1S/C39H57N6O4S.K/c1-7-33(44-20-17-40-27-44)23-34(45-18-8-9-37(45)47)22-31(30-12-14-35(15-13-30)50(48)49)11-10-28(2)43-19-16-29(26-43)21-36(46)41-32-24-38(3,4)42-39(5,6)25-32;/h12-17,19-20,26-28,31-34,42H,7-11,18,21-25H2,1-6H3,(H,41,46);/q-1;+1. The van der Waals surface area contributed by atoms with Crippen LogP contribution in [-0.2, 0) is 35.1 Å². The van der Waals surface area contributed by atoms with E-state index in [-0.39, 0.29) is 109 Å². The summed E-state index contributed by atoms with van der Waals surface area (Å²) in [7, 11) is -2.29. The molecule has 3 aromatic rings. The topological polar surface area (TPSA) is 118 Å². The molecule has 4 atom stereocenters. The second-order valence-electron chi connectivity index (χ2n) is 16.0. The van der Waals surface area contributed by atoms with Crippen LogP contribution in [0.5, 0.6) is 0 Å². The number of rotatable bonds is 16. The van der Waals surface area contributed by atoms with Crippen molar-refractivity contribution in [2.75, 3.05) is 6.54 Å². The molecule has 10 nitrogen and oxygen atoms in total. The summed E-state index contributed by atoms with van der Waals surface area (Å²) in [6.45, 7) is 13.9. The molecule has 2 N–H and O–H groups in total. The van der Waals surface area contributed by atoms with Gasteiger partial charge in [0.15, 0.2) is 0 Å². The normalized spacial score (nSPS) is 19.7. The van der Waals surface area contributed by atoms with E-state index in [0.717, 1.165) is 69.0 Å². The third-order valence-corrected chi connectivity index (χ3v) is 11.4. The molecule has 4 heterocycles. The molecule has 274 valence electrons. The number of benzene rings is 1. The van der Waals surface area contributed by atoms with E-state index in [1.54, 1.807) is 18.3 Å². The van der Waals surface area contributed by atoms with Gasteiger partial charge in [0.2, 0.25) is 11.8 Å². The van der Waals surface area contributed by atoms with E-state index in [0.29, 0.717) is 12.8 Å².